The number of hydrogen-bond donors (Lipinski definition) is 1. The molecule has 0 atom stereocenters. The van der Waals surface area contributed by atoms with E-state index in [0.29, 0.717) is 0 Å². The van der Waals surface area contributed by atoms with Gasteiger partial charge in [-0.1, -0.05) is 6.07 Å². The highest BCUT2D eigenvalue weighted by Gasteiger charge is 2.39. The number of halogens is 1. The first-order chi connectivity index (χ1) is 9.20. The lowest BCUT2D eigenvalue weighted by Crippen LogP contribution is -2.47. The molecule has 20 heavy (non-hydrogen) atoms. The molecule has 1 heterocycles. The molecule has 0 saturated carbocycles. The fraction of sp³-hybridized carbons (Fsp3) is 0.357. The lowest BCUT2D eigenvalue weighted by Gasteiger charge is -2.23. The third kappa shape index (κ3) is 2.54. The number of para-hydroxylation sites is 1. The minimum atomic E-state index is -0.880. The van der Waals surface area contributed by atoms with Crippen molar-refractivity contribution in [3.63, 3.8) is 0 Å². The van der Waals surface area contributed by atoms with Crippen molar-refractivity contribution in [3.05, 3.63) is 29.6 Å². The van der Waals surface area contributed by atoms with Gasteiger partial charge in [-0.3, -0.25) is 19.3 Å². The number of rotatable bonds is 2. The van der Waals surface area contributed by atoms with Crippen LogP contribution < -0.4 is 10.2 Å². The standard InChI is InChI=1S/C14H15FN2O3/c1-14(2,3)16-10(18)7-17-11-8(12(19)13(17)20)5-4-6-9(11)15/h4-6H,7H2,1-3H3,(H,16,18). The van der Waals surface area contributed by atoms with Crippen LogP contribution in [0.5, 0.6) is 0 Å². The van der Waals surface area contributed by atoms with Crippen molar-refractivity contribution in [1.29, 1.82) is 0 Å². The van der Waals surface area contributed by atoms with Gasteiger partial charge in [0.15, 0.2) is 0 Å². The molecular formula is C14H15FN2O3. The van der Waals surface area contributed by atoms with Crippen molar-refractivity contribution in [2.75, 3.05) is 11.4 Å². The zero-order chi connectivity index (χ0) is 15.1. The number of fused-ring (bicyclic) bond motifs is 1. The van der Waals surface area contributed by atoms with Crippen LogP contribution in [0.2, 0.25) is 0 Å². The molecule has 1 N–H and O–H groups in total. The maximum absolute atomic E-state index is 13.8. The van der Waals surface area contributed by atoms with Gasteiger partial charge in [0.05, 0.1) is 11.3 Å². The van der Waals surface area contributed by atoms with Crippen molar-refractivity contribution in [1.82, 2.24) is 5.32 Å². The van der Waals surface area contributed by atoms with E-state index in [2.05, 4.69) is 5.32 Å². The van der Waals surface area contributed by atoms with Crippen LogP contribution in [-0.4, -0.2) is 29.7 Å². The van der Waals surface area contributed by atoms with Gasteiger partial charge in [-0.25, -0.2) is 4.39 Å². The van der Waals surface area contributed by atoms with Gasteiger partial charge in [0.2, 0.25) is 5.91 Å². The summed E-state index contributed by atoms with van der Waals surface area (Å²) in [5.74, 6) is -2.81. The van der Waals surface area contributed by atoms with Gasteiger partial charge in [-0.2, -0.15) is 0 Å². The van der Waals surface area contributed by atoms with Crippen LogP contribution in [0, 0.1) is 5.82 Å². The molecule has 0 saturated heterocycles. The number of anilines is 1. The molecule has 0 unspecified atom stereocenters. The fourth-order valence-electron chi connectivity index (χ4n) is 2.06. The number of Topliss-reactive ketones (excluding diaryl/α,β-unsaturated/α-hetero) is 1. The molecule has 0 fully saturated rings. The smallest absolute Gasteiger partial charge is 0.300 e. The topological polar surface area (TPSA) is 66.5 Å². The van der Waals surface area contributed by atoms with Crippen LogP contribution in [0.3, 0.4) is 0 Å². The first-order valence-electron chi connectivity index (χ1n) is 6.16. The second-order valence-corrected chi connectivity index (χ2v) is 5.65. The van der Waals surface area contributed by atoms with Gasteiger partial charge in [0.25, 0.3) is 11.7 Å². The number of carbonyl (C=O) groups is 3. The molecule has 2 rings (SSSR count). The quantitative estimate of drug-likeness (QED) is 0.828. The van der Waals surface area contributed by atoms with Gasteiger partial charge in [-0.15, -0.1) is 0 Å². The second-order valence-electron chi connectivity index (χ2n) is 5.65. The third-order valence-electron chi connectivity index (χ3n) is 2.76. The Morgan fingerprint density at radius 3 is 2.55 bits per heavy atom. The van der Waals surface area contributed by atoms with Gasteiger partial charge in [0.1, 0.15) is 12.4 Å². The number of hydrogen-bond acceptors (Lipinski definition) is 3. The van der Waals surface area contributed by atoms with Gasteiger partial charge in [-0.05, 0) is 32.9 Å². The Kier molecular flexibility index (Phi) is 3.33. The Morgan fingerprint density at radius 1 is 1.30 bits per heavy atom. The molecule has 6 heteroatoms. The van der Waals surface area contributed by atoms with E-state index in [0.717, 1.165) is 11.0 Å². The SMILES string of the molecule is CC(C)(C)NC(=O)CN1C(=O)C(=O)c2cccc(F)c21. The Labute approximate surface area is 115 Å². The summed E-state index contributed by atoms with van der Waals surface area (Å²) in [6, 6.07) is 3.89. The van der Waals surface area contributed by atoms with E-state index < -0.39 is 29.0 Å². The van der Waals surface area contributed by atoms with E-state index in [-0.39, 0.29) is 17.8 Å². The normalized spacial score (nSPS) is 14.5. The maximum Gasteiger partial charge on any atom is 0.300 e. The number of amides is 2. The Balaban J connectivity index is 2.29. The van der Waals surface area contributed by atoms with Crippen molar-refractivity contribution < 1.29 is 18.8 Å². The van der Waals surface area contributed by atoms with Crippen LogP contribution in [0.4, 0.5) is 10.1 Å². The molecule has 1 aliphatic heterocycles. The lowest BCUT2D eigenvalue weighted by molar-refractivity contribution is -0.123. The van der Waals surface area contributed by atoms with Crippen LogP contribution in [-0.2, 0) is 9.59 Å². The average Bonchev–Trinajstić information content (AvgIpc) is 2.53. The summed E-state index contributed by atoms with van der Waals surface area (Å²) in [5.41, 5.74) is -0.591. The van der Waals surface area contributed by atoms with Crippen molar-refractivity contribution >= 4 is 23.3 Å². The summed E-state index contributed by atoms with van der Waals surface area (Å²) in [4.78, 5) is 36.3. The van der Waals surface area contributed by atoms with E-state index in [1.807, 2.05) is 0 Å². The average molecular weight is 278 g/mol. The summed E-state index contributed by atoms with van der Waals surface area (Å²) < 4.78 is 13.8. The number of nitrogens with one attached hydrogen (secondary N) is 1. The second kappa shape index (κ2) is 4.70. The Hall–Kier alpha value is -2.24. The fourth-order valence-corrected chi connectivity index (χ4v) is 2.06. The monoisotopic (exact) mass is 278 g/mol. The zero-order valence-electron chi connectivity index (χ0n) is 11.5. The minimum absolute atomic E-state index is 0.00133. The van der Waals surface area contributed by atoms with E-state index in [4.69, 9.17) is 0 Å². The number of carbonyl (C=O) groups excluding carboxylic acids is 3. The van der Waals surface area contributed by atoms with E-state index in [1.54, 1.807) is 20.8 Å². The highest BCUT2D eigenvalue weighted by molar-refractivity contribution is 6.52. The van der Waals surface area contributed by atoms with Crippen LogP contribution >= 0.6 is 0 Å². The van der Waals surface area contributed by atoms with E-state index in [9.17, 15) is 18.8 Å². The zero-order valence-corrected chi connectivity index (χ0v) is 11.5. The summed E-state index contributed by atoms with van der Waals surface area (Å²) in [7, 11) is 0. The highest BCUT2D eigenvalue weighted by atomic mass is 19.1. The van der Waals surface area contributed by atoms with Crippen LogP contribution in [0.15, 0.2) is 18.2 Å². The highest BCUT2D eigenvalue weighted by Crippen LogP contribution is 2.31. The summed E-state index contributed by atoms with van der Waals surface area (Å²) in [5, 5.41) is 2.67. The predicted octanol–water partition coefficient (Wildman–Crippen LogP) is 1.27. The Morgan fingerprint density at radius 2 is 1.95 bits per heavy atom. The summed E-state index contributed by atoms with van der Waals surface area (Å²) >= 11 is 0. The molecular weight excluding hydrogens is 263 g/mol. The minimum Gasteiger partial charge on any atom is -0.350 e. The third-order valence-corrected chi connectivity index (χ3v) is 2.76. The summed E-state index contributed by atoms with van der Waals surface area (Å²) in [6.07, 6.45) is 0. The molecule has 106 valence electrons. The molecule has 5 nitrogen and oxygen atoms in total. The molecule has 0 spiro atoms. The molecule has 1 aromatic rings. The number of nitrogens with zero attached hydrogens (tertiary/aromatic N) is 1. The number of ketones is 1. The van der Waals surface area contributed by atoms with Gasteiger partial charge < -0.3 is 5.32 Å². The molecule has 0 aliphatic carbocycles. The van der Waals surface area contributed by atoms with E-state index >= 15 is 0 Å². The molecule has 1 aliphatic rings. The molecule has 0 radical (unpaired) electrons. The number of benzene rings is 1. The largest absolute Gasteiger partial charge is 0.350 e. The van der Waals surface area contributed by atoms with Crippen molar-refractivity contribution in [2.24, 2.45) is 0 Å². The van der Waals surface area contributed by atoms with Gasteiger partial charge >= 0.3 is 0 Å². The van der Waals surface area contributed by atoms with Gasteiger partial charge in [0, 0.05) is 5.54 Å². The molecule has 0 aromatic heterocycles. The lowest BCUT2D eigenvalue weighted by atomic mass is 10.1. The van der Waals surface area contributed by atoms with Crippen molar-refractivity contribution in [2.45, 2.75) is 26.3 Å². The maximum atomic E-state index is 13.8. The molecule has 1 aromatic carbocycles. The first kappa shape index (κ1) is 14.2. The summed E-state index contributed by atoms with van der Waals surface area (Å²) in [6.45, 7) is 4.99. The first-order valence-corrected chi connectivity index (χ1v) is 6.16. The Bertz CT molecular complexity index is 605. The molecule has 0 bridgehead atoms. The predicted molar refractivity (Wildman–Crippen MR) is 71.0 cm³/mol. The molecule has 2 amide bonds. The van der Waals surface area contributed by atoms with Crippen LogP contribution in [0.1, 0.15) is 31.1 Å². The van der Waals surface area contributed by atoms with Crippen LogP contribution in [0.25, 0.3) is 0 Å². The van der Waals surface area contributed by atoms with Crippen molar-refractivity contribution in [3.8, 4) is 0 Å². The van der Waals surface area contributed by atoms with E-state index in [1.165, 1.54) is 12.1 Å².